The highest BCUT2D eigenvalue weighted by molar-refractivity contribution is 7.89. The van der Waals surface area contributed by atoms with Crippen molar-refractivity contribution in [1.29, 1.82) is 0 Å². The molecule has 0 unspecified atom stereocenters. The minimum absolute atomic E-state index is 0.0679. The van der Waals surface area contributed by atoms with E-state index >= 15 is 0 Å². The predicted molar refractivity (Wildman–Crippen MR) is 78.1 cm³/mol. The van der Waals surface area contributed by atoms with Crippen LogP contribution in [-0.4, -0.2) is 59.3 Å². The van der Waals surface area contributed by atoms with E-state index in [1.807, 2.05) is 6.92 Å². The summed E-state index contributed by atoms with van der Waals surface area (Å²) in [6.07, 6.45) is 4.96. The molecule has 1 fully saturated rings. The Morgan fingerprint density at radius 1 is 1.29 bits per heavy atom. The third-order valence-corrected chi connectivity index (χ3v) is 5.34. The lowest BCUT2D eigenvalue weighted by Gasteiger charge is -2.21. The number of sulfonamides is 1. The molecule has 0 bridgehead atoms. The van der Waals surface area contributed by atoms with E-state index in [1.165, 1.54) is 16.8 Å². The number of rotatable bonds is 4. The molecule has 2 rings (SSSR count). The number of hydrogen-bond acceptors (Lipinski definition) is 4. The van der Waals surface area contributed by atoms with Crippen LogP contribution in [0.2, 0.25) is 0 Å². The molecular formula is C13H22N4O3S. The first-order valence-electron chi connectivity index (χ1n) is 7.21. The second kappa shape index (κ2) is 6.57. The maximum atomic E-state index is 12.5. The van der Waals surface area contributed by atoms with Gasteiger partial charge in [-0.25, -0.2) is 13.4 Å². The van der Waals surface area contributed by atoms with Crippen LogP contribution in [0.3, 0.4) is 0 Å². The van der Waals surface area contributed by atoms with E-state index in [-0.39, 0.29) is 10.9 Å². The van der Waals surface area contributed by atoms with Crippen molar-refractivity contribution in [2.45, 2.75) is 31.2 Å². The number of nitrogens with zero attached hydrogens (tertiary/aromatic N) is 4. The number of carbonyl (C=O) groups excluding carboxylic acids is 1. The number of aromatic nitrogens is 2. The molecular weight excluding hydrogens is 292 g/mol. The molecule has 0 aliphatic carbocycles. The fraction of sp³-hybridized carbons (Fsp3) is 0.692. The van der Waals surface area contributed by atoms with E-state index in [0.29, 0.717) is 39.0 Å². The fourth-order valence-electron chi connectivity index (χ4n) is 2.41. The van der Waals surface area contributed by atoms with Crippen LogP contribution in [0.4, 0.5) is 0 Å². The normalized spacial score (nSPS) is 17.7. The molecule has 1 saturated heterocycles. The van der Waals surface area contributed by atoms with Gasteiger partial charge in [0.1, 0.15) is 0 Å². The Labute approximate surface area is 125 Å². The molecule has 0 N–H and O–H groups in total. The summed E-state index contributed by atoms with van der Waals surface area (Å²) in [5, 5.41) is 0.0679. The highest BCUT2D eigenvalue weighted by atomic mass is 32.2. The van der Waals surface area contributed by atoms with Crippen molar-refractivity contribution < 1.29 is 13.2 Å². The van der Waals surface area contributed by atoms with Gasteiger partial charge in [0.25, 0.3) is 10.0 Å². The van der Waals surface area contributed by atoms with Gasteiger partial charge in [0.15, 0.2) is 5.03 Å². The van der Waals surface area contributed by atoms with Gasteiger partial charge in [0.05, 0.1) is 6.33 Å². The molecule has 7 nitrogen and oxygen atoms in total. The Balaban J connectivity index is 2.07. The molecule has 0 atom stereocenters. The van der Waals surface area contributed by atoms with Crippen LogP contribution in [-0.2, 0) is 21.9 Å². The molecule has 0 radical (unpaired) electrons. The Morgan fingerprint density at radius 2 is 2.05 bits per heavy atom. The van der Waals surface area contributed by atoms with Gasteiger partial charge in [-0.3, -0.25) is 4.79 Å². The zero-order valence-corrected chi connectivity index (χ0v) is 13.3. The highest BCUT2D eigenvalue weighted by Gasteiger charge is 2.29. The van der Waals surface area contributed by atoms with Crippen molar-refractivity contribution in [3.05, 3.63) is 12.5 Å². The van der Waals surface area contributed by atoms with Crippen molar-refractivity contribution in [2.24, 2.45) is 7.05 Å². The molecule has 21 heavy (non-hydrogen) atoms. The van der Waals surface area contributed by atoms with Crippen molar-refractivity contribution in [2.75, 3.05) is 26.2 Å². The standard InChI is InChI=1S/C13H22N4O3S/c1-3-5-13(18)16-6-4-7-17(9-8-16)21(19,20)12-10-15(2)11-14-12/h10-11H,3-9H2,1-2H3. The fourth-order valence-corrected chi connectivity index (χ4v) is 3.85. The molecule has 2 heterocycles. The molecule has 0 aromatic carbocycles. The van der Waals surface area contributed by atoms with Crippen molar-refractivity contribution in [1.82, 2.24) is 18.8 Å². The van der Waals surface area contributed by atoms with Crippen molar-refractivity contribution in [3.8, 4) is 0 Å². The minimum Gasteiger partial charge on any atom is -0.341 e. The zero-order valence-electron chi connectivity index (χ0n) is 12.5. The summed E-state index contributed by atoms with van der Waals surface area (Å²) in [6, 6.07) is 0. The van der Waals surface area contributed by atoms with Gasteiger partial charge in [-0.1, -0.05) is 6.92 Å². The second-order valence-electron chi connectivity index (χ2n) is 5.27. The summed E-state index contributed by atoms with van der Waals surface area (Å²) in [6.45, 7) is 3.79. The van der Waals surface area contributed by atoms with Crippen LogP contribution in [0, 0.1) is 0 Å². The van der Waals surface area contributed by atoms with E-state index in [4.69, 9.17) is 0 Å². The second-order valence-corrected chi connectivity index (χ2v) is 7.15. The Kier molecular flexibility index (Phi) is 5.00. The van der Waals surface area contributed by atoms with Crippen LogP contribution in [0.15, 0.2) is 17.6 Å². The first-order chi connectivity index (χ1) is 9.95. The SMILES string of the molecule is CCCC(=O)N1CCCN(S(=O)(=O)c2cn(C)cn2)CC1. The third kappa shape index (κ3) is 3.62. The maximum Gasteiger partial charge on any atom is 0.262 e. The van der Waals surface area contributed by atoms with Gasteiger partial charge >= 0.3 is 0 Å². The van der Waals surface area contributed by atoms with Crippen molar-refractivity contribution >= 4 is 15.9 Å². The summed E-state index contributed by atoms with van der Waals surface area (Å²) in [4.78, 5) is 17.6. The van der Waals surface area contributed by atoms with Crippen LogP contribution in [0.25, 0.3) is 0 Å². The zero-order chi connectivity index (χ0) is 15.5. The maximum absolute atomic E-state index is 12.5. The van der Waals surface area contributed by atoms with E-state index in [0.717, 1.165) is 6.42 Å². The molecule has 1 aromatic heterocycles. The van der Waals surface area contributed by atoms with Crippen LogP contribution in [0.1, 0.15) is 26.2 Å². The van der Waals surface area contributed by atoms with Gasteiger partial charge in [0.2, 0.25) is 5.91 Å². The highest BCUT2D eigenvalue weighted by Crippen LogP contribution is 2.16. The molecule has 0 spiro atoms. The molecule has 1 amide bonds. The molecule has 1 aliphatic rings. The minimum atomic E-state index is -3.56. The Bertz CT molecular complexity index is 596. The van der Waals surface area contributed by atoms with Gasteiger partial charge in [0, 0.05) is 45.8 Å². The van der Waals surface area contributed by atoms with Gasteiger partial charge in [-0.15, -0.1) is 0 Å². The summed E-state index contributed by atoms with van der Waals surface area (Å²) in [5.74, 6) is 0.106. The van der Waals surface area contributed by atoms with Crippen LogP contribution in [0.5, 0.6) is 0 Å². The summed E-state index contributed by atoms with van der Waals surface area (Å²) in [7, 11) is -1.83. The average Bonchev–Trinajstić information content (AvgIpc) is 2.74. The van der Waals surface area contributed by atoms with E-state index in [2.05, 4.69) is 4.98 Å². The molecule has 8 heteroatoms. The summed E-state index contributed by atoms with van der Waals surface area (Å²) in [5.41, 5.74) is 0. The predicted octanol–water partition coefficient (Wildman–Crippen LogP) is 0.443. The number of hydrogen-bond donors (Lipinski definition) is 0. The number of aryl methyl sites for hydroxylation is 1. The monoisotopic (exact) mass is 314 g/mol. The van der Waals surface area contributed by atoms with Crippen molar-refractivity contribution in [3.63, 3.8) is 0 Å². The number of carbonyl (C=O) groups is 1. The smallest absolute Gasteiger partial charge is 0.262 e. The Morgan fingerprint density at radius 3 is 2.67 bits per heavy atom. The molecule has 1 aliphatic heterocycles. The third-order valence-electron chi connectivity index (χ3n) is 3.56. The van der Waals surface area contributed by atoms with Gasteiger partial charge < -0.3 is 9.47 Å². The molecule has 1 aromatic rings. The van der Waals surface area contributed by atoms with Gasteiger partial charge in [-0.2, -0.15) is 4.31 Å². The quantitative estimate of drug-likeness (QED) is 0.808. The summed E-state index contributed by atoms with van der Waals surface area (Å²) < 4.78 is 28.0. The number of imidazole rings is 1. The van der Waals surface area contributed by atoms with Gasteiger partial charge in [-0.05, 0) is 12.8 Å². The lowest BCUT2D eigenvalue weighted by molar-refractivity contribution is -0.131. The van der Waals surface area contributed by atoms with E-state index < -0.39 is 10.0 Å². The van der Waals surface area contributed by atoms with E-state index in [1.54, 1.807) is 16.5 Å². The summed E-state index contributed by atoms with van der Waals surface area (Å²) >= 11 is 0. The Hall–Kier alpha value is -1.41. The van der Waals surface area contributed by atoms with E-state index in [9.17, 15) is 13.2 Å². The lowest BCUT2D eigenvalue weighted by Crippen LogP contribution is -2.37. The van der Waals surface area contributed by atoms with Crippen LogP contribution < -0.4 is 0 Å². The molecule has 118 valence electrons. The van der Waals surface area contributed by atoms with Crippen LogP contribution >= 0.6 is 0 Å². The number of amides is 1. The first-order valence-corrected chi connectivity index (χ1v) is 8.65. The molecule has 0 saturated carbocycles. The first kappa shape index (κ1) is 16.0. The average molecular weight is 314 g/mol. The largest absolute Gasteiger partial charge is 0.341 e. The topological polar surface area (TPSA) is 75.5 Å². The lowest BCUT2D eigenvalue weighted by atomic mass is 10.3.